The highest BCUT2D eigenvalue weighted by atomic mass is 19.4. The van der Waals surface area contributed by atoms with Crippen molar-refractivity contribution >= 4 is 5.91 Å². The van der Waals surface area contributed by atoms with Crippen molar-refractivity contribution in [1.82, 2.24) is 10.3 Å². The van der Waals surface area contributed by atoms with Crippen molar-refractivity contribution in [2.24, 2.45) is 0 Å². The van der Waals surface area contributed by atoms with Crippen LogP contribution < -0.4 is 10.9 Å². The fourth-order valence-corrected chi connectivity index (χ4v) is 1.30. The van der Waals surface area contributed by atoms with Gasteiger partial charge in [-0.25, -0.2) is 0 Å². The Morgan fingerprint density at radius 3 is 2.79 bits per heavy atom. The molecule has 8 heteroatoms. The highest BCUT2D eigenvalue weighted by molar-refractivity contribution is 5.93. The van der Waals surface area contributed by atoms with E-state index < -0.39 is 30.3 Å². The molecule has 0 unspecified atom stereocenters. The summed E-state index contributed by atoms with van der Waals surface area (Å²) in [6.45, 7) is -0.194. The first-order valence-electron chi connectivity index (χ1n) is 5.42. The molecule has 0 aromatic carbocycles. The second kappa shape index (κ2) is 6.37. The third-order valence-electron chi connectivity index (χ3n) is 2.07. The number of halogens is 3. The van der Waals surface area contributed by atoms with Crippen molar-refractivity contribution < 1.29 is 22.7 Å². The van der Waals surface area contributed by atoms with E-state index in [0.717, 1.165) is 0 Å². The number of aromatic nitrogens is 1. The molecule has 106 valence electrons. The van der Waals surface area contributed by atoms with Gasteiger partial charge in [0.15, 0.2) is 0 Å². The summed E-state index contributed by atoms with van der Waals surface area (Å²) in [5.41, 5.74) is -0.673. The predicted octanol–water partition coefficient (Wildman–Crippen LogP) is 1.07. The van der Waals surface area contributed by atoms with E-state index in [2.05, 4.69) is 15.0 Å². The number of amides is 1. The lowest BCUT2D eigenvalue weighted by Crippen LogP contribution is -2.39. The average Bonchev–Trinajstić information content (AvgIpc) is 2.27. The first kappa shape index (κ1) is 15.2. The molecule has 0 saturated carbocycles. The molecule has 1 amide bonds. The van der Waals surface area contributed by atoms with Gasteiger partial charge < -0.3 is 15.0 Å². The number of rotatable bonds is 5. The van der Waals surface area contributed by atoms with E-state index in [0.29, 0.717) is 0 Å². The van der Waals surface area contributed by atoms with Gasteiger partial charge in [0.25, 0.3) is 11.5 Å². The molecule has 1 atom stereocenters. The third-order valence-corrected chi connectivity index (χ3v) is 2.07. The highest BCUT2D eigenvalue weighted by Gasteiger charge is 2.27. The van der Waals surface area contributed by atoms with Crippen molar-refractivity contribution in [3.05, 3.63) is 34.2 Å². The Morgan fingerprint density at radius 1 is 1.53 bits per heavy atom. The summed E-state index contributed by atoms with van der Waals surface area (Å²) in [6, 6.07) is 2.15. The largest absolute Gasteiger partial charge is 0.411 e. The van der Waals surface area contributed by atoms with E-state index in [9.17, 15) is 22.8 Å². The standard InChI is InChI=1S/C11H13F3N2O3/c1-7(5-19-6-11(12,13)14)16-10(18)8-3-2-4-15-9(8)17/h2-4,7H,5-6H2,1H3,(H,15,17)(H,16,18)/t7-/m0/s1. The van der Waals surface area contributed by atoms with E-state index in [1.807, 2.05) is 0 Å². The van der Waals surface area contributed by atoms with Gasteiger partial charge in [0.2, 0.25) is 0 Å². The molecule has 0 aliphatic rings. The zero-order valence-corrected chi connectivity index (χ0v) is 10.1. The third kappa shape index (κ3) is 5.56. The minimum Gasteiger partial charge on any atom is -0.370 e. The van der Waals surface area contributed by atoms with Crippen LogP contribution in [0, 0.1) is 0 Å². The number of pyridine rings is 1. The monoisotopic (exact) mass is 278 g/mol. The normalized spacial score (nSPS) is 13.1. The van der Waals surface area contributed by atoms with E-state index in [1.54, 1.807) is 0 Å². The van der Waals surface area contributed by atoms with Crippen LogP contribution in [-0.2, 0) is 4.74 Å². The Kier molecular flexibility index (Phi) is 5.11. The van der Waals surface area contributed by atoms with Crippen LogP contribution in [0.15, 0.2) is 23.1 Å². The molecule has 1 rings (SSSR count). The van der Waals surface area contributed by atoms with Gasteiger partial charge in [-0.05, 0) is 19.1 Å². The molecule has 0 fully saturated rings. The first-order valence-corrected chi connectivity index (χ1v) is 5.42. The summed E-state index contributed by atoms with van der Waals surface area (Å²) in [5.74, 6) is -0.662. The maximum atomic E-state index is 11.8. The van der Waals surface area contributed by atoms with Crippen LogP contribution in [0.5, 0.6) is 0 Å². The molecule has 0 bridgehead atoms. The summed E-state index contributed by atoms with van der Waals surface area (Å²) < 4.78 is 39.9. The van der Waals surface area contributed by atoms with Crippen LogP contribution in [-0.4, -0.2) is 36.3 Å². The Balaban J connectivity index is 2.45. The first-order chi connectivity index (χ1) is 8.79. The lowest BCUT2D eigenvalue weighted by Gasteiger charge is -2.14. The molecule has 5 nitrogen and oxygen atoms in total. The van der Waals surface area contributed by atoms with Gasteiger partial charge in [-0.1, -0.05) is 0 Å². The van der Waals surface area contributed by atoms with Crippen LogP contribution in [0.4, 0.5) is 13.2 Å². The van der Waals surface area contributed by atoms with Crippen molar-refractivity contribution in [2.45, 2.75) is 19.1 Å². The molecule has 19 heavy (non-hydrogen) atoms. The van der Waals surface area contributed by atoms with Crippen LogP contribution in [0.2, 0.25) is 0 Å². The number of carbonyl (C=O) groups is 1. The predicted molar refractivity (Wildman–Crippen MR) is 60.9 cm³/mol. The van der Waals surface area contributed by atoms with Crippen molar-refractivity contribution in [3.8, 4) is 0 Å². The van der Waals surface area contributed by atoms with Gasteiger partial charge in [0.05, 0.1) is 6.61 Å². The fraction of sp³-hybridized carbons (Fsp3) is 0.455. The Labute approximate surface area is 106 Å². The zero-order chi connectivity index (χ0) is 14.5. The summed E-state index contributed by atoms with van der Waals surface area (Å²) in [5, 5.41) is 2.37. The molecule has 0 aliphatic heterocycles. The molecular formula is C11H13F3N2O3. The summed E-state index contributed by atoms with van der Waals surface area (Å²) in [6.07, 6.45) is -3.03. The number of alkyl halides is 3. The van der Waals surface area contributed by atoms with E-state index in [1.165, 1.54) is 25.3 Å². The molecule has 1 aromatic rings. The van der Waals surface area contributed by atoms with Crippen LogP contribution in [0.25, 0.3) is 0 Å². The summed E-state index contributed by atoms with van der Waals surface area (Å²) >= 11 is 0. The number of nitrogens with one attached hydrogen (secondary N) is 2. The molecule has 1 heterocycles. The zero-order valence-electron chi connectivity index (χ0n) is 10.1. The van der Waals surface area contributed by atoms with Gasteiger partial charge in [-0.15, -0.1) is 0 Å². The van der Waals surface area contributed by atoms with Gasteiger partial charge in [-0.2, -0.15) is 13.2 Å². The number of carbonyl (C=O) groups excluding carboxylic acids is 1. The topological polar surface area (TPSA) is 71.2 Å². The van der Waals surface area contributed by atoms with Crippen molar-refractivity contribution in [1.29, 1.82) is 0 Å². The van der Waals surface area contributed by atoms with Crippen LogP contribution >= 0.6 is 0 Å². The number of ether oxygens (including phenoxy) is 1. The molecule has 1 aromatic heterocycles. The highest BCUT2D eigenvalue weighted by Crippen LogP contribution is 2.14. The van der Waals surface area contributed by atoms with Gasteiger partial charge in [0, 0.05) is 12.2 Å². The summed E-state index contributed by atoms with van der Waals surface area (Å²) in [4.78, 5) is 25.2. The fourth-order valence-electron chi connectivity index (χ4n) is 1.30. The lowest BCUT2D eigenvalue weighted by molar-refractivity contribution is -0.174. The van der Waals surface area contributed by atoms with Gasteiger partial charge in [0.1, 0.15) is 12.2 Å². The SMILES string of the molecule is C[C@@H](COCC(F)(F)F)NC(=O)c1ccc[nH]c1=O. The molecule has 0 spiro atoms. The smallest absolute Gasteiger partial charge is 0.370 e. The maximum absolute atomic E-state index is 11.8. The van der Waals surface area contributed by atoms with Crippen molar-refractivity contribution in [3.63, 3.8) is 0 Å². The second-order valence-electron chi connectivity index (χ2n) is 3.92. The minimum atomic E-state index is -4.40. The Bertz CT molecular complexity index is 485. The Morgan fingerprint density at radius 2 is 2.21 bits per heavy atom. The Hall–Kier alpha value is -1.83. The minimum absolute atomic E-state index is 0.106. The number of hydrogen-bond donors (Lipinski definition) is 2. The quantitative estimate of drug-likeness (QED) is 0.846. The molecule has 0 radical (unpaired) electrons. The number of aromatic amines is 1. The van der Waals surface area contributed by atoms with Gasteiger partial charge >= 0.3 is 6.18 Å². The number of hydrogen-bond acceptors (Lipinski definition) is 3. The molecule has 0 saturated heterocycles. The van der Waals surface area contributed by atoms with Crippen LogP contribution in [0.3, 0.4) is 0 Å². The van der Waals surface area contributed by atoms with E-state index >= 15 is 0 Å². The molecule has 0 aliphatic carbocycles. The van der Waals surface area contributed by atoms with Crippen LogP contribution in [0.1, 0.15) is 17.3 Å². The van der Waals surface area contributed by atoms with E-state index in [4.69, 9.17) is 0 Å². The summed E-state index contributed by atoms with van der Waals surface area (Å²) in [7, 11) is 0. The second-order valence-corrected chi connectivity index (χ2v) is 3.92. The molecule has 2 N–H and O–H groups in total. The van der Waals surface area contributed by atoms with Crippen molar-refractivity contribution in [2.75, 3.05) is 13.2 Å². The lowest BCUT2D eigenvalue weighted by atomic mass is 10.2. The molecular weight excluding hydrogens is 265 g/mol. The van der Waals surface area contributed by atoms with Gasteiger partial charge in [-0.3, -0.25) is 9.59 Å². The average molecular weight is 278 g/mol. The van der Waals surface area contributed by atoms with E-state index in [-0.39, 0.29) is 12.2 Å². The number of H-pyrrole nitrogens is 1. The maximum Gasteiger partial charge on any atom is 0.411 e.